The molecule has 2 aromatic rings. The van der Waals surface area contributed by atoms with Crippen molar-refractivity contribution in [3.05, 3.63) is 70.4 Å². The van der Waals surface area contributed by atoms with Crippen LogP contribution in [0.4, 0.5) is 14.5 Å². The van der Waals surface area contributed by atoms with Crippen molar-refractivity contribution in [1.82, 2.24) is 5.32 Å². The molecule has 1 aliphatic rings. The lowest BCUT2D eigenvalue weighted by atomic mass is 10.1. The van der Waals surface area contributed by atoms with Gasteiger partial charge in [-0.15, -0.1) is 0 Å². The van der Waals surface area contributed by atoms with Crippen LogP contribution < -0.4 is 10.2 Å². The fourth-order valence-corrected chi connectivity index (χ4v) is 2.61. The Labute approximate surface area is 141 Å². The number of carbonyl (C=O) groups is 1. The zero-order chi connectivity index (χ0) is 16.6. The minimum atomic E-state index is -0.594. The van der Waals surface area contributed by atoms with E-state index < -0.39 is 17.5 Å². The summed E-state index contributed by atoms with van der Waals surface area (Å²) in [7, 11) is 0. The molecule has 0 aliphatic carbocycles. The van der Waals surface area contributed by atoms with E-state index in [1.54, 1.807) is 12.1 Å². The molecule has 116 valence electrons. The van der Waals surface area contributed by atoms with Gasteiger partial charge in [-0.25, -0.2) is 8.78 Å². The van der Waals surface area contributed by atoms with Crippen LogP contribution in [0.3, 0.4) is 0 Å². The van der Waals surface area contributed by atoms with Crippen molar-refractivity contribution >= 4 is 46.6 Å². The lowest BCUT2D eigenvalue weighted by Crippen LogP contribution is -2.30. The molecule has 2 aromatic carbocycles. The summed E-state index contributed by atoms with van der Waals surface area (Å²) < 4.78 is 26.9. The number of amides is 1. The summed E-state index contributed by atoms with van der Waals surface area (Å²) in [5.74, 6) is -1.52. The zero-order valence-corrected chi connectivity index (χ0v) is 13.1. The van der Waals surface area contributed by atoms with Crippen molar-refractivity contribution in [3.8, 4) is 0 Å². The molecule has 1 fully saturated rings. The first-order valence-electron chi connectivity index (χ1n) is 6.54. The molecule has 7 heteroatoms. The van der Waals surface area contributed by atoms with Crippen LogP contribution in [0, 0.1) is 11.6 Å². The average Bonchev–Trinajstić information content (AvgIpc) is 2.79. The van der Waals surface area contributed by atoms with Gasteiger partial charge in [-0.05, 0) is 42.6 Å². The number of rotatable bonds is 2. The summed E-state index contributed by atoms with van der Waals surface area (Å²) >= 11 is 10.9. The maximum Gasteiger partial charge on any atom is 0.281 e. The van der Waals surface area contributed by atoms with Crippen molar-refractivity contribution in [2.45, 2.75) is 0 Å². The highest BCUT2D eigenvalue weighted by Crippen LogP contribution is 2.27. The number of nitrogens with zero attached hydrogens (tertiary/aromatic N) is 1. The monoisotopic (exact) mass is 350 g/mol. The van der Waals surface area contributed by atoms with Gasteiger partial charge in [-0.2, -0.15) is 0 Å². The molecule has 0 saturated carbocycles. The molecule has 0 aromatic heterocycles. The standard InChI is InChI=1S/C16H9ClF2N2OS/c17-11-8-10(5-6-13(11)19)21-15(22)14(20-16(21)23)7-9-3-1-2-4-12(9)18/h1-8H,(H,20,23). The third-order valence-electron chi connectivity index (χ3n) is 3.24. The van der Waals surface area contributed by atoms with E-state index >= 15 is 0 Å². The first-order chi connectivity index (χ1) is 11.0. The van der Waals surface area contributed by atoms with Gasteiger partial charge in [0.1, 0.15) is 17.3 Å². The Hall–Kier alpha value is -2.31. The largest absolute Gasteiger partial charge is 0.327 e. The summed E-state index contributed by atoms with van der Waals surface area (Å²) in [6.07, 6.45) is 1.37. The Morgan fingerprint density at radius 2 is 1.87 bits per heavy atom. The zero-order valence-electron chi connectivity index (χ0n) is 11.5. The van der Waals surface area contributed by atoms with Crippen LogP contribution in [0.25, 0.3) is 6.08 Å². The molecule has 1 heterocycles. The highest BCUT2D eigenvalue weighted by atomic mass is 35.5. The van der Waals surface area contributed by atoms with Crippen molar-refractivity contribution in [1.29, 1.82) is 0 Å². The van der Waals surface area contributed by atoms with Crippen LogP contribution in [0.2, 0.25) is 5.02 Å². The molecule has 0 unspecified atom stereocenters. The van der Waals surface area contributed by atoms with Gasteiger partial charge < -0.3 is 5.32 Å². The van der Waals surface area contributed by atoms with E-state index in [9.17, 15) is 13.6 Å². The van der Waals surface area contributed by atoms with Crippen molar-refractivity contribution < 1.29 is 13.6 Å². The number of thiocarbonyl (C=S) groups is 1. The average molecular weight is 351 g/mol. The van der Waals surface area contributed by atoms with Gasteiger partial charge in [-0.1, -0.05) is 29.8 Å². The summed E-state index contributed by atoms with van der Waals surface area (Å²) in [6, 6.07) is 9.88. The number of anilines is 1. The number of hydrogen-bond acceptors (Lipinski definition) is 2. The van der Waals surface area contributed by atoms with Crippen LogP contribution in [-0.2, 0) is 4.79 Å². The van der Waals surface area contributed by atoms with E-state index in [1.165, 1.54) is 35.2 Å². The van der Waals surface area contributed by atoms with Gasteiger partial charge in [0.2, 0.25) is 0 Å². The van der Waals surface area contributed by atoms with E-state index in [1.807, 2.05) is 0 Å². The molecule has 1 N–H and O–H groups in total. The second kappa shape index (κ2) is 6.06. The van der Waals surface area contributed by atoms with Crippen LogP contribution >= 0.6 is 23.8 Å². The Balaban J connectivity index is 1.97. The number of halogens is 3. The highest BCUT2D eigenvalue weighted by Gasteiger charge is 2.32. The lowest BCUT2D eigenvalue weighted by molar-refractivity contribution is -0.113. The molecule has 1 aliphatic heterocycles. The second-order valence-electron chi connectivity index (χ2n) is 4.75. The van der Waals surface area contributed by atoms with E-state index in [4.69, 9.17) is 23.8 Å². The fraction of sp³-hybridized carbons (Fsp3) is 0. The normalized spacial score (nSPS) is 16.1. The smallest absolute Gasteiger partial charge is 0.281 e. The van der Waals surface area contributed by atoms with E-state index in [0.29, 0.717) is 5.69 Å². The fourth-order valence-electron chi connectivity index (χ4n) is 2.14. The Morgan fingerprint density at radius 3 is 2.57 bits per heavy atom. The molecule has 0 radical (unpaired) electrons. The topological polar surface area (TPSA) is 32.3 Å². The number of carbonyl (C=O) groups excluding carboxylic acids is 1. The quantitative estimate of drug-likeness (QED) is 0.659. The second-order valence-corrected chi connectivity index (χ2v) is 5.54. The summed E-state index contributed by atoms with van der Waals surface area (Å²) in [5, 5.41) is 2.72. The van der Waals surface area contributed by atoms with Crippen LogP contribution in [0.1, 0.15) is 5.56 Å². The lowest BCUT2D eigenvalue weighted by Gasteiger charge is -2.14. The predicted octanol–water partition coefficient (Wildman–Crippen LogP) is 3.88. The minimum absolute atomic E-state index is 0.111. The van der Waals surface area contributed by atoms with Gasteiger partial charge in [0, 0.05) is 5.56 Å². The summed E-state index contributed by atoms with van der Waals surface area (Å²) in [4.78, 5) is 13.7. The van der Waals surface area contributed by atoms with Gasteiger partial charge >= 0.3 is 0 Å². The Bertz CT molecular complexity index is 854. The Kier molecular flexibility index (Phi) is 4.11. The highest BCUT2D eigenvalue weighted by molar-refractivity contribution is 7.80. The molecule has 3 rings (SSSR count). The molecular weight excluding hydrogens is 342 g/mol. The molecule has 0 spiro atoms. The molecule has 1 amide bonds. The summed E-state index contributed by atoms with van der Waals surface area (Å²) in [5.41, 5.74) is 0.710. The van der Waals surface area contributed by atoms with Gasteiger partial charge in [-0.3, -0.25) is 9.69 Å². The molecule has 1 saturated heterocycles. The third-order valence-corrected chi connectivity index (χ3v) is 3.82. The first kappa shape index (κ1) is 15.6. The van der Waals surface area contributed by atoms with Crippen LogP contribution in [-0.4, -0.2) is 11.0 Å². The Morgan fingerprint density at radius 1 is 1.13 bits per heavy atom. The molecule has 0 bridgehead atoms. The number of benzene rings is 2. The van der Waals surface area contributed by atoms with E-state index in [2.05, 4.69) is 5.32 Å². The predicted molar refractivity (Wildman–Crippen MR) is 89.0 cm³/mol. The van der Waals surface area contributed by atoms with Gasteiger partial charge in [0.05, 0.1) is 10.7 Å². The van der Waals surface area contributed by atoms with Gasteiger partial charge in [0.25, 0.3) is 5.91 Å². The molecule has 23 heavy (non-hydrogen) atoms. The first-order valence-corrected chi connectivity index (χ1v) is 7.32. The molecule has 3 nitrogen and oxygen atoms in total. The SMILES string of the molecule is O=C1C(=Cc2ccccc2F)NC(=S)N1c1ccc(F)c(Cl)c1. The van der Waals surface area contributed by atoms with E-state index in [-0.39, 0.29) is 21.4 Å². The summed E-state index contributed by atoms with van der Waals surface area (Å²) in [6.45, 7) is 0. The molecule has 0 atom stereocenters. The number of nitrogens with one attached hydrogen (secondary N) is 1. The van der Waals surface area contributed by atoms with Crippen molar-refractivity contribution in [2.75, 3.05) is 4.90 Å². The molecular formula is C16H9ClF2N2OS. The minimum Gasteiger partial charge on any atom is -0.327 e. The van der Waals surface area contributed by atoms with Crippen LogP contribution in [0.5, 0.6) is 0 Å². The van der Waals surface area contributed by atoms with Crippen molar-refractivity contribution in [2.24, 2.45) is 0 Å². The third kappa shape index (κ3) is 2.95. The van der Waals surface area contributed by atoms with E-state index in [0.717, 1.165) is 6.07 Å². The maximum absolute atomic E-state index is 13.7. The van der Waals surface area contributed by atoms with Crippen LogP contribution in [0.15, 0.2) is 48.2 Å². The number of hydrogen-bond donors (Lipinski definition) is 1. The van der Waals surface area contributed by atoms with Gasteiger partial charge in [0.15, 0.2) is 5.11 Å². The van der Waals surface area contributed by atoms with Crippen molar-refractivity contribution in [3.63, 3.8) is 0 Å². The maximum atomic E-state index is 13.7.